The van der Waals surface area contributed by atoms with Crippen LogP contribution in [0.3, 0.4) is 0 Å². The first-order chi connectivity index (χ1) is 13.6. The van der Waals surface area contributed by atoms with Gasteiger partial charge in [-0.15, -0.1) is 0 Å². The molecule has 1 aliphatic heterocycles. The molecule has 0 saturated carbocycles. The predicted octanol–water partition coefficient (Wildman–Crippen LogP) is 4.82. The van der Waals surface area contributed by atoms with Crippen LogP contribution in [0.4, 0.5) is 17.1 Å². The number of hydrogen-bond acceptors (Lipinski definition) is 4. The van der Waals surface area contributed by atoms with Crippen LogP contribution in [0.5, 0.6) is 5.75 Å². The summed E-state index contributed by atoms with van der Waals surface area (Å²) in [6.45, 7) is 0. The van der Waals surface area contributed by atoms with Crippen molar-refractivity contribution < 1.29 is 14.5 Å². The highest BCUT2D eigenvalue weighted by molar-refractivity contribution is 6.38. The lowest BCUT2D eigenvalue weighted by molar-refractivity contribution is -0.385. The van der Waals surface area contributed by atoms with Gasteiger partial charge in [0.05, 0.1) is 23.3 Å². The molecule has 1 aliphatic rings. The van der Waals surface area contributed by atoms with Crippen LogP contribution in [0.2, 0.25) is 0 Å². The van der Waals surface area contributed by atoms with Crippen LogP contribution >= 0.6 is 0 Å². The number of benzene rings is 3. The summed E-state index contributed by atoms with van der Waals surface area (Å²) in [5.41, 5.74) is 3.24. The molecule has 3 aromatic rings. The molecule has 0 fully saturated rings. The summed E-state index contributed by atoms with van der Waals surface area (Å²) in [7, 11) is 1.38. The van der Waals surface area contributed by atoms with Crippen LogP contribution in [0.15, 0.2) is 72.8 Å². The summed E-state index contributed by atoms with van der Waals surface area (Å²) in [4.78, 5) is 25.7. The van der Waals surface area contributed by atoms with Crippen molar-refractivity contribution in [2.45, 2.75) is 0 Å². The number of hydrogen-bond donors (Lipinski definition) is 0. The number of carbonyl (C=O) groups excluding carboxylic acids is 1. The van der Waals surface area contributed by atoms with E-state index < -0.39 is 4.92 Å². The highest BCUT2D eigenvalue weighted by Gasteiger charge is 2.33. The standard InChI is InChI=1S/C22H16N2O4/c1-28-21-12-11-15(14-20(21)24(26)27)13-18-17-9-5-6-10-19(17)23(22(18)25)16-7-3-2-4-8-16/h2-14H,1H3/b18-13+. The Morgan fingerprint density at radius 2 is 1.71 bits per heavy atom. The third kappa shape index (κ3) is 2.91. The fraction of sp³-hybridized carbons (Fsp3) is 0.0455. The highest BCUT2D eigenvalue weighted by Crippen LogP contribution is 2.42. The molecule has 6 nitrogen and oxygen atoms in total. The Labute approximate surface area is 161 Å². The smallest absolute Gasteiger partial charge is 0.311 e. The third-order valence-electron chi connectivity index (χ3n) is 4.59. The largest absolute Gasteiger partial charge is 0.490 e. The molecular weight excluding hydrogens is 356 g/mol. The molecule has 6 heteroatoms. The maximum atomic E-state index is 13.2. The zero-order valence-corrected chi connectivity index (χ0v) is 15.0. The Bertz CT molecular complexity index is 1110. The maximum absolute atomic E-state index is 13.2. The van der Waals surface area contributed by atoms with E-state index in [1.165, 1.54) is 19.2 Å². The first kappa shape index (κ1) is 17.5. The lowest BCUT2D eigenvalue weighted by atomic mass is 10.0. The average molecular weight is 372 g/mol. The number of nitro benzene ring substituents is 1. The van der Waals surface area contributed by atoms with E-state index in [9.17, 15) is 14.9 Å². The minimum Gasteiger partial charge on any atom is -0.490 e. The number of nitrogens with zero attached hydrogens (tertiary/aromatic N) is 2. The molecule has 0 radical (unpaired) electrons. The molecule has 0 bridgehead atoms. The van der Waals surface area contributed by atoms with Crippen LogP contribution in [0.1, 0.15) is 11.1 Å². The highest BCUT2D eigenvalue weighted by atomic mass is 16.6. The second kappa shape index (κ2) is 7.00. The predicted molar refractivity (Wildman–Crippen MR) is 108 cm³/mol. The number of rotatable bonds is 4. The normalized spacial score (nSPS) is 14.2. The van der Waals surface area contributed by atoms with Crippen molar-refractivity contribution in [3.8, 4) is 5.75 Å². The molecule has 0 aromatic heterocycles. The van der Waals surface area contributed by atoms with Gasteiger partial charge in [0.15, 0.2) is 5.75 Å². The van der Waals surface area contributed by atoms with E-state index in [4.69, 9.17) is 4.74 Å². The number of fused-ring (bicyclic) bond motifs is 1. The van der Waals surface area contributed by atoms with E-state index in [0.29, 0.717) is 11.1 Å². The van der Waals surface area contributed by atoms with E-state index in [0.717, 1.165) is 16.9 Å². The van der Waals surface area contributed by atoms with Gasteiger partial charge in [0, 0.05) is 17.3 Å². The van der Waals surface area contributed by atoms with Gasteiger partial charge in [0.2, 0.25) is 0 Å². The van der Waals surface area contributed by atoms with Crippen molar-refractivity contribution in [2.24, 2.45) is 0 Å². The number of methoxy groups -OCH3 is 1. The zero-order chi connectivity index (χ0) is 19.7. The van der Waals surface area contributed by atoms with Gasteiger partial charge in [-0.1, -0.05) is 42.5 Å². The Morgan fingerprint density at radius 1 is 1.00 bits per heavy atom. The number of carbonyl (C=O) groups is 1. The second-order valence-electron chi connectivity index (χ2n) is 6.24. The van der Waals surface area contributed by atoms with Crippen LogP contribution in [0, 0.1) is 10.1 Å². The third-order valence-corrected chi connectivity index (χ3v) is 4.59. The quantitative estimate of drug-likeness (QED) is 0.374. The monoisotopic (exact) mass is 372 g/mol. The Kier molecular flexibility index (Phi) is 4.37. The van der Waals surface area contributed by atoms with E-state index >= 15 is 0 Å². The molecule has 28 heavy (non-hydrogen) atoms. The molecule has 0 unspecified atom stereocenters. The van der Waals surface area contributed by atoms with Crippen molar-refractivity contribution in [1.82, 2.24) is 0 Å². The molecule has 1 amide bonds. The van der Waals surface area contributed by atoms with E-state index in [1.54, 1.807) is 17.0 Å². The summed E-state index contributed by atoms with van der Waals surface area (Å²) in [6, 6.07) is 21.5. The molecular formula is C22H16N2O4. The molecule has 0 aliphatic carbocycles. The minimum atomic E-state index is -0.498. The van der Waals surface area contributed by atoms with Crippen molar-refractivity contribution in [1.29, 1.82) is 0 Å². The number of ether oxygens (including phenoxy) is 1. The maximum Gasteiger partial charge on any atom is 0.311 e. The second-order valence-corrected chi connectivity index (χ2v) is 6.24. The lowest BCUT2D eigenvalue weighted by Crippen LogP contribution is -2.20. The summed E-state index contributed by atoms with van der Waals surface area (Å²) < 4.78 is 5.05. The molecule has 138 valence electrons. The van der Waals surface area contributed by atoms with Crippen molar-refractivity contribution in [2.75, 3.05) is 12.0 Å². The minimum absolute atomic E-state index is 0.143. The van der Waals surface area contributed by atoms with Crippen LogP contribution in [-0.4, -0.2) is 17.9 Å². The first-order valence-corrected chi connectivity index (χ1v) is 8.63. The van der Waals surface area contributed by atoms with Crippen LogP contribution in [0.25, 0.3) is 11.6 Å². The molecule has 0 atom stereocenters. The van der Waals surface area contributed by atoms with Gasteiger partial charge in [-0.05, 0) is 35.9 Å². The summed E-state index contributed by atoms with van der Waals surface area (Å²) in [5, 5.41) is 11.3. The van der Waals surface area contributed by atoms with E-state index in [1.807, 2.05) is 54.6 Å². The van der Waals surface area contributed by atoms with Gasteiger partial charge in [-0.3, -0.25) is 19.8 Å². The summed E-state index contributed by atoms with van der Waals surface area (Å²) >= 11 is 0. The van der Waals surface area contributed by atoms with Gasteiger partial charge < -0.3 is 4.74 Å². The summed E-state index contributed by atoms with van der Waals surface area (Å²) in [5.74, 6) is 0.00193. The molecule has 0 spiro atoms. The van der Waals surface area contributed by atoms with Crippen molar-refractivity contribution in [3.05, 3.63) is 94.0 Å². The number of nitro groups is 1. The number of para-hydroxylation sites is 2. The van der Waals surface area contributed by atoms with Crippen molar-refractivity contribution in [3.63, 3.8) is 0 Å². The van der Waals surface area contributed by atoms with Gasteiger partial charge in [0.1, 0.15) is 0 Å². The Balaban J connectivity index is 1.84. The zero-order valence-electron chi connectivity index (χ0n) is 15.0. The van der Waals surface area contributed by atoms with E-state index in [-0.39, 0.29) is 17.3 Å². The van der Waals surface area contributed by atoms with Gasteiger partial charge in [-0.25, -0.2) is 0 Å². The molecule has 0 N–H and O–H groups in total. The molecule has 0 saturated heterocycles. The topological polar surface area (TPSA) is 72.7 Å². The van der Waals surface area contributed by atoms with Crippen LogP contribution < -0.4 is 9.64 Å². The lowest BCUT2D eigenvalue weighted by Gasteiger charge is -2.16. The number of anilines is 2. The average Bonchev–Trinajstić information content (AvgIpc) is 3.00. The van der Waals surface area contributed by atoms with E-state index in [2.05, 4.69) is 0 Å². The fourth-order valence-electron chi connectivity index (χ4n) is 3.32. The molecule has 4 rings (SSSR count). The SMILES string of the molecule is COc1ccc(/C=C2/C(=O)N(c3ccccc3)c3ccccc32)cc1[N+](=O)[O-]. The van der Waals surface area contributed by atoms with Crippen molar-refractivity contribution >= 4 is 34.6 Å². The first-order valence-electron chi connectivity index (χ1n) is 8.63. The number of amides is 1. The van der Waals surface area contributed by atoms with Gasteiger partial charge in [-0.2, -0.15) is 0 Å². The Morgan fingerprint density at radius 3 is 2.43 bits per heavy atom. The Hall–Kier alpha value is -3.93. The van der Waals surface area contributed by atoms with Gasteiger partial charge >= 0.3 is 5.69 Å². The van der Waals surface area contributed by atoms with Gasteiger partial charge in [0.25, 0.3) is 5.91 Å². The molecule has 1 heterocycles. The summed E-state index contributed by atoms with van der Waals surface area (Å²) in [6.07, 6.45) is 1.68. The fourth-order valence-corrected chi connectivity index (χ4v) is 3.32. The molecule has 3 aromatic carbocycles. The van der Waals surface area contributed by atoms with Crippen LogP contribution in [-0.2, 0) is 4.79 Å².